The molecule has 0 spiro atoms. The Bertz CT molecular complexity index is 420. The molecular formula is C10H10BrF3N2O2. The minimum atomic E-state index is -4.63. The van der Waals surface area contributed by atoms with Crippen molar-refractivity contribution >= 4 is 21.8 Å². The molecule has 0 aliphatic carbocycles. The van der Waals surface area contributed by atoms with Crippen LogP contribution in [0.15, 0.2) is 33.9 Å². The molecule has 0 heterocycles. The lowest BCUT2D eigenvalue weighted by Gasteiger charge is -2.19. The average Bonchev–Trinajstić information content (AvgIpc) is 2.29. The number of hydrogen-bond donors (Lipinski definition) is 2. The highest BCUT2D eigenvalue weighted by atomic mass is 79.9. The SMILES string of the molecule is N/C(=N/O)C(COc1ccc(Br)cc1)C(F)(F)F. The lowest BCUT2D eigenvalue weighted by molar-refractivity contribution is -0.162. The third-order valence-electron chi connectivity index (χ3n) is 2.10. The maximum absolute atomic E-state index is 12.6. The molecule has 1 unspecified atom stereocenters. The fraction of sp³-hybridized carbons (Fsp3) is 0.300. The number of nitrogens with two attached hydrogens (primary N) is 1. The molecule has 0 fully saturated rings. The Kier molecular flexibility index (Phi) is 4.83. The van der Waals surface area contributed by atoms with Crippen molar-refractivity contribution < 1.29 is 23.1 Å². The number of rotatable bonds is 4. The van der Waals surface area contributed by atoms with Crippen molar-refractivity contribution in [2.45, 2.75) is 6.18 Å². The fourth-order valence-corrected chi connectivity index (χ4v) is 1.39. The van der Waals surface area contributed by atoms with E-state index in [9.17, 15) is 13.2 Å². The molecule has 3 N–H and O–H groups in total. The van der Waals surface area contributed by atoms with E-state index >= 15 is 0 Å². The summed E-state index contributed by atoms with van der Waals surface area (Å²) in [6.45, 7) is -0.749. The van der Waals surface area contributed by atoms with Crippen LogP contribution >= 0.6 is 15.9 Å². The van der Waals surface area contributed by atoms with Gasteiger partial charge in [-0.1, -0.05) is 21.1 Å². The van der Waals surface area contributed by atoms with Crippen LogP contribution in [-0.4, -0.2) is 23.8 Å². The molecule has 0 bridgehead atoms. The zero-order chi connectivity index (χ0) is 13.8. The van der Waals surface area contributed by atoms with Crippen LogP contribution in [0.3, 0.4) is 0 Å². The third-order valence-corrected chi connectivity index (χ3v) is 2.63. The molecule has 0 amide bonds. The van der Waals surface area contributed by atoms with Gasteiger partial charge in [0.25, 0.3) is 0 Å². The van der Waals surface area contributed by atoms with Crippen LogP contribution in [-0.2, 0) is 0 Å². The van der Waals surface area contributed by atoms with E-state index in [0.717, 1.165) is 4.47 Å². The van der Waals surface area contributed by atoms with Crippen LogP contribution in [0.1, 0.15) is 0 Å². The normalized spacial score (nSPS) is 14.3. The van der Waals surface area contributed by atoms with E-state index in [2.05, 4.69) is 21.1 Å². The van der Waals surface area contributed by atoms with E-state index in [-0.39, 0.29) is 5.75 Å². The van der Waals surface area contributed by atoms with E-state index in [1.165, 1.54) is 12.1 Å². The second-order valence-corrected chi connectivity index (χ2v) is 4.30. The van der Waals surface area contributed by atoms with Gasteiger partial charge in [0.05, 0.1) is 0 Å². The number of benzene rings is 1. The molecule has 0 radical (unpaired) electrons. The summed E-state index contributed by atoms with van der Waals surface area (Å²) in [5.74, 6) is -2.82. The average molecular weight is 327 g/mol. The first kappa shape index (κ1) is 14.6. The van der Waals surface area contributed by atoms with Crippen LogP contribution in [0.5, 0.6) is 5.75 Å². The maximum Gasteiger partial charge on any atom is 0.402 e. The first-order valence-corrected chi connectivity index (χ1v) is 5.56. The van der Waals surface area contributed by atoms with E-state index in [1.54, 1.807) is 12.1 Å². The molecule has 0 aliphatic rings. The minimum Gasteiger partial charge on any atom is -0.492 e. The summed E-state index contributed by atoms with van der Waals surface area (Å²) in [6, 6.07) is 6.26. The highest BCUT2D eigenvalue weighted by Gasteiger charge is 2.43. The van der Waals surface area contributed by atoms with E-state index in [4.69, 9.17) is 15.7 Å². The lowest BCUT2D eigenvalue weighted by atomic mass is 10.1. The Morgan fingerprint density at radius 1 is 1.39 bits per heavy atom. The molecule has 0 aromatic heterocycles. The zero-order valence-electron chi connectivity index (χ0n) is 8.99. The Hall–Kier alpha value is -1.44. The van der Waals surface area contributed by atoms with Gasteiger partial charge in [0.1, 0.15) is 18.3 Å². The first-order chi connectivity index (χ1) is 8.34. The van der Waals surface area contributed by atoms with Crippen molar-refractivity contribution in [2.75, 3.05) is 6.61 Å². The predicted octanol–water partition coefficient (Wildman–Crippen LogP) is 2.75. The summed E-state index contributed by atoms with van der Waals surface area (Å²) in [5, 5.41) is 10.7. The van der Waals surface area contributed by atoms with Crippen molar-refractivity contribution in [3.63, 3.8) is 0 Å². The van der Waals surface area contributed by atoms with E-state index in [0.29, 0.717) is 0 Å². The molecule has 1 rings (SSSR count). The maximum atomic E-state index is 12.6. The molecule has 100 valence electrons. The van der Waals surface area contributed by atoms with Crippen molar-refractivity contribution in [2.24, 2.45) is 16.8 Å². The van der Waals surface area contributed by atoms with Crippen LogP contribution in [0, 0.1) is 5.92 Å². The Morgan fingerprint density at radius 2 is 1.94 bits per heavy atom. The predicted molar refractivity (Wildman–Crippen MR) is 62.6 cm³/mol. The Morgan fingerprint density at radius 3 is 2.39 bits per heavy atom. The summed E-state index contributed by atoms with van der Waals surface area (Å²) in [6.07, 6.45) is -4.63. The molecule has 4 nitrogen and oxygen atoms in total. The number of amidine groups is 1. The number of oxime groups is 1. The van der Waals surface area contributed by atoms with Gasteiger partial charge >= 0.3 is 6.18 Å². The van der Waals surface area contributed by atoms with Gasteiger partial charge in [-0.2, -0.15) is 13.2 Å². The summed E-state index contributed by atoms with van der Waals surface area (Å²) in [7, 11) is 0. The molecule has 0 saturated heterocycles. The van der Waals surface area contributed by atoms with Crippen LogP contribution in [0.25, 0.3) is 0 Å². The van der Waals surface area contributed by atoms with Gasteiger partial charge in [0.2, 0.25) is 0 Å². The van der Waals surface area contributed by atoms with Crippen molar-refractivity contribution in [3.8, 4) is 5.75 Å². The Balaban J connectivity index is 2.71. The van der Waals surface area contributed by atoms with Gasteiger partial charge < -0.3 is 15.7 Å². The van der Waals surface area contributed by atoms with Crippen molar-refractivity contribution in [1.82, 2.24) is 0 Å². The Labute approximate surface area is 109 Å². The van der Waals surface area contributed by atoms with Crippen LogP contribution in [0.4, 0.5) is 13.2 Å². The van der Waals surface area contributed by atoms with Gasteiger partial charge in [0.15, 0.2) is 5.84 Å². The molecule has 0 saturated carbocycles. The summed E-state index contributed by atoms with van der Waals surface area (Å²) in [5.41, 5.74) is 4.98. The van der Waals surface area contributed by atoms with Crippen LogP contribution < -0.4 is 10.5 Å². The van der Waals surface area contributed by atoms with Crippen molar-refractivity contribution in [3.05, 3.63) is 28.7 Å². The highest BCUT2D eigenvalue weighted by molar-refractivity contribution is 9.10. The lowest BCUT2D eigenvalue weighted by Crippen LogP contribution is -2.40. The fourth-order valence-electron chi connectivity index (χ4n) is 1.13. The monoisotopic (exact) mass is 326 g/mol. The van der Waals surface area contributed by atoms with Crippen molar-refractivity contribution in [1.29, 1.82) is 0 Å². The molecular weight excluding hydrogens is 317 g/mol. The van der Waals surface area contributed by atoms with Gasteiger partial charge in [-0.25, -0.2) is 0 Å². The molecule has 1 aromatic carbocycles. The van der Waals surface area contributed by atoms with Gasteiger partial charge in [-0.05, 0) is 24.3 Å². The third kappa shape index (κ3) is 4.10. The summed E-state index contributed by atoms with van der Waals surface area (Å²) >= 11 is 3.18. The number of halogens is 4. The molecule has 0 aliphatic heterocycles. The van der Waals surface area contributed by atoms with Gasteiger partial charge in [-0.15, -0.1) is 0 Å². The second kappa shape index (κ2) is 5.94. The van der Waals surface area contributed by atoms with Gasteiger partial charge in [-0.3, -0.25) is 0 Å². The quantitative estimate of drug-likeness (QED) is 0.387. The standard InChI is InChI=1S/C10H10BrF3N2O2/c11-6-1-3-7(4-2-6)18-5-8(9(15)16-17)10(12,13)14/h1-4,8,17H,5H2,(H2,15,16). The highest BCUT2D eigenvalue weighted by Crippen LogP contribution is 2.27. The minimum absolute atomic E-state index is 0.262. The molecule has 1 aromatic rings. The molecule has 1 atom stereocenters. The number of hydrogen-bond acceptors (Lipinski definition) is 3. The molecule has 8 heteroatoms. The second-order valence-electron chi connectivity index (χ2n) is 3.38. The smallest absolute Gasteiger partial charge is 0.402 e. The zero-order valence-corrected chi connectivity index (χ0v) is 10.6. The number of alkyl halides is 3. The first-order valence-electron chi connectivity index (χ1n) is 4.77. The van der Waals surface area contributed by atoms with E-state index < -0.39 is 24.5 Å². The molecule has 18 heavy (non-hydrogen) atoms. The van der Waals surface area contributed by atoms with Gasteiger partial charge in [0, 0.05) is 4.47 Å². The summed E-state index contributed by atoms with van der Waals surface area (Å²) in [4.78, 5) is 0. The number of nitrogens with zero attached hydrogens (tertiary/aromatic N) is 1. The topological polar surface area (TPSA) is 67.8 Å². The van der Waals surface area contributed by atoms with Crippen LogP contribution in [0.2, 0.25) is 0 Å². The van der Waals surface area contributed by atoms with E-state index in [1.807, 2.05) is 0 Å². The number of ether oxygens (including phenoxy) is 1. The summed E-state index contributed by atoms with van der Waals surface area (Å²) < 4.78 is 43.4. The largest absolute Gasteiger partial charge is 0.492 e.